The molecule has 0 saturated heterocycles. The SMILES string of the molecule is CNc1ccccc1C(Nc1cccc(-c2cccc(-c3cccc(C)c3)c2)c1)c1ccc(-c2ccccc2)cc1. The maximum absolute atomic E-state index is 3.87. The summed E-state index contributed by atoms with van der Waals surface area (Å²) in [6.07, 6.45) is 0. The average Bonchev–Trinajstić information content (AvgIpc) is 3.04. The maximum Gasteiger partial charge on any atom is 0.0787 e. The lowest BCUT2D eigenvalue weighted by Gasteiger charge is -2.24. The zero-order chi connectivity index (χ0) is 28.0. The molecule has 0 saturated carbocycles. The number of rotatable bonds is 8. The molecule has 1 unspecified atom stereocenters. The largest absolute Gasteiger partial charge is 0.388 e. The van der Waals surface area contributed by atoms with Crippen LogP contribution in [-0.4, -0.2) is 7.05 Å². The molecule has 2 heteroatoms. The second-order valence-electron chi connectivity index (χ2n) is 10.4. The second-order valence-corrected chi connectivity index (χ2v) is 10.4. The van der Waals surface area contributed by atoms with Crippen LogP contribution < -0.4 is 10.6 Å². The van der Waals surface area contributed by atoms with E-state index in [9.17, 15) is 0 Å². The van der Waals surface area contributed by atoms with Crippen LogP contribution in [0.4, 0.5) is 11.4 Å². The Morgan fingerprint density at radius 1 is 0.463 bits per heavy atom. The van der Waals surface area contributed by atoms with Crippen molar-refractivity contribution in [2.45, 2.75) is 13.0 Å². The van der Waals surface area contributed by atoms with E-state index in [0.717, 1.165) is 11.4 Å². The molecule has 0 aliphatic rings. The molecule has 0 spiro atoms. The standard InChI is InChI=1S/C39H34N2/c1-28-11-8-14-32(25-28)33-15-9-16-34(26-33)35-17-10-18-36(27-35)41-39(37-19-6-7-20-38(37)40-2)31-23-21-30(22-24-31)29-12-4-3-5-13-29/h3-27,39-41H,1-2H3. The van der Waals surface area contributed by atoms with Crippen molar-refractivity contribution in [2.75, 3.05) is 17.7 Å². The summed E-state index contributed by atoms with van der Waals surface area (Å²) in [6, 6.07) is 54.1. The first-order valence-corrected chi connectivity index (χ1v) is 14.1. The molecule has 41 heavy (non-hydrogen) atoms. The van der Waals surface area contributed by atoms with Crippen LogP contribution in [0.2, 0.25) is 0 Å². The molecule has 0 aromatic heterocycles. The lowest BCUT2D eigenvalue weighted by Crippen LogP contribution is -2.14. The zero-order valence-corrected chi connectivity index (χ0v) is 23.5. The van der Waals surface area contributed by atoms with Crippen LogP contribution in [0.5, 0.6) is 0 Å². The fourth-order valence-corrected chi connectivity index (χ4v) is 5.47. The number of anilines is 2. The lowest BCUT2D eigenvalue weighted by molar-refractivity contribution is 0.941. The molecular formula is C39H34N2. The van der Waals surface area contributed by atoms with E-state index in [2.05, 4.69) is 169 Å². The molecule has 6 aromatic rings. The van der Waals surface area contributed by atoms with Gasteiger partial charge in [-0.3, -0.25) is 0 Å². The van der Waals surface area contributed by atoms with Crippen LogP contribution in [0.1, 0.15) is 22.7 Å². The Morgan fingerprint density at radius 3 is 1.73 bits per heavy atom. The number of nitrogens with one attached hydrogen (secondary N) is 2. The third-order valence-electron chi connectivity index (χ3n) is 7.61. The van der Waals surface area contributed by atoms with Gasteiger partial charge in [-0.15, -0.1) is 0 Å². The van der Waals surface area contributed by atoms with Gasteiger partial charge in [-0.05, 0) is 70.1 Å². The van der Waals surface area contributed by atoms with E-state index < -0.39 is 0 Å². The third-order valence-corrected chi connectivity index (χ3v) is 7.61. The summed E-state index contributed by atoms with van der Waals surface area (Å²) in [5.41, 5.74) is 13.2. The molecule has 0 aliphatic carbocycles. The molecule has 0 bridgehead atoms. The van der Waals surface area contributed by atoms with Crippen LogP contribution in [0.25, 0.3) is 33.4 Å². The first kappa shape index (κ1) is 26.2. The maximum atomic E-state index is 3.87. The molecule has 6 rings (SSSR count). The lowest BCUT2D eigenvalue weighted by atomic mass is 9.94. The molecule has 1 atom stereocenters. The van der Waals surface area contributed by atoms with Gasteiger partial charge in [0.2, 0.25) is 0 Å². The quantitative estimate of drug-likeness (QED) is 0.204. The average molecular weight is 531 g/mol. The van der Waals surface area contributed by atoms with Crippen molar-refractivity contribution >= 4 is 11.4 Å². The predicted molar refractivity (Wildman–Crippen MR) is 175 cm³/mol. The van der Waals surface area contributed by atoms with Crippen molar-refractivity contribution in [3.05, 3.63) is 168 Å². The minimum Gasteiger partial charge on any atom is -0.388 e. The first-order chi connectivity index (χ1) is 20.2. The van der Waals surface area contributed by atoms with Gasteiger partial charge >= 0.3 is 0 Å². The van der Waals surface area contributed by atoms with Gasteiger partial charge in [0.05, 0.1) is 6.04 Å². The van der Waals surface area contributed by atoms with Gasteiger partial charge in [-0.25, -0.2) is 0 Å². The van der Waals surface area contributed by atoms with E-state index >= 15 is 0 Å². The molecule has 2 N–H and O–H groups in total. The smallest absolute Gasteiger partial charge is 0.0787 e. The van der Waals surface area contributed by atoms with Crippen molar-refractivity contribution in [3.63, 3.8) is 0 Å². The van der Waals surface area contributed by atoms with E-state index in [1.165, 1.54) is 50.1 Å². The molecule has 0 fully saturated rings. The molecular weight excluding hydrogens is 496 g/mol. The van der Waals surface area contributed by atoms with Gasteiger partial charge in [0.25, 0.3) is 0 Å². The number of para-hydroxylation sites is 1. The highest BCUT2D eigenvalue weighted by Crippen LogP contribution is 2.34. The monoisotopic (exact) mass is 530 g/mol. The molecule has 0 radical (unpaired) electrons. The Labute approximate surface area is 243 Å². The Hall–Kier alpha value is -5.08. The van der Waals surface area contributed by atoms with Gasteiger partial charge < -0.3 is 10.6 Å². The normalized spacial score (nSPS) is 11.6. The topological polar surface area (TPSA) is 24.1 Å². The summed E-state index contributed by atoms with van der Waals surface area (Å²) in [5.74, 6) is 0. The minimum absolute atomic E-state index is 0.0302. The predicted octanol–water partition coefficient (Wildman–Crippen LogP) is 10.2. The molecule has 6 aromatic carbocycles. The van der Waals surface area contributed by atoms with Gasteiger partial charge in [-0.2, -0.15) is 0 Å². The van der Waals surface area contributed by atoms with Gasteiger partial charge in [0.1, 0.15) is 0 Å². The summed E-state index contributed by atoms with van der Waals surface area (Å²) in [6.45, 7) is 2.14. The van der Waals surface area contributed by atoms with Crippen molar-refractivity contribution in [1.82, 2.24) is 0 Å². The number of benzene rings is 6. The highest BCUT2D eigenvalue weighted by molar-refractivity contribution is 5.75. The van der Waals surface area contributed by atoms with Gasteiger partial charge in [0, 0.05) is 24.0 Å². The van der Waals surface area contributed by atoms with Gasteiger partial charge in [0.15, 0.2) is 0 Å². The Balaban J connectivity index is 1.35. The fourth-order valence-electron chi connectivity index (χ4n) is 5.47. The minimum atomic E-state index is -0.0302. The van der Waals surface area contributed by atoms with E-state index in [1.54, 1.807) is 0 Å². The van der Waals surface area contributed by atoms with Crippen LogP contribution >= 0.6 is 0 Å². The summed E-state index contributed by atoms with van der Waals surface area (Å²) >= 11 is 0. The number of hydrogen-bond donors (Lipinski definition) is 2. The molecule has 0 aliphatic heterocycles. The summed E-state index contributed by atoms with van der Waals surface area (Å²) in [4.78, 5) is 0. The van der Waals surface area contributed by atoms with Crippen LogP contribution in [0.3, 0.4) is 0 Å². The third kappa shape index (κ3) is 5.92. The first-order valence-electron chi connectivity index (χ1n) is 14.1. The van der Waals surface area contributed by atoms with Crippen LogP contribution in [0, 0.1) is 6.92 Å². The van der Waals surface area contributed by atoms with E-state index in [0.29, 0.717) is 0 Å². The molecule has 2 nitrogen and oxygen atoms in total. The number of aryl methyl sites for hydroxylation is 1. The van der Waals surface area contributed by atoms with Crippen LogP contribution in [0.15, 0.2) is 152 Å². The summed E-state index contributed by atoms with van der Waals surface area (Å²) < 4.78 is 0. The highest BCUT2D eigenvalue weighted by atomic mass is 14.9. The van der Waals surface area contributed by atoms with Crippen molar-refractivity contribution in [1.29, 1.82) is 0 Å². The van der Waals surface area contributed by atoms with Gasteiger partial charge in [-0.1, -0.05) is 133 Å². The van der Waals surface area contributed by atoms with E-state index in [-0.39, 0.29) is 6.04 Å². The second kappa shape index (κ2) is 12.0. The number of hydrogen-bond acceptors (Lipinski definition) is 2. The molecule has 0 amide bonds. The van der Waals surface area contributed by atoms with Crippen LogP contribution in [-0.2, 0) is 0 Å². The Morgan fingerprint density at radius 2 is 1.02 bits per heavy atom. The summed E-state index contributed by atoms with van der Waals surface area (Å²) in [5, 5.41) is 7.26. The molecule has 200 valence electrons. The van der Waals surface area contributed by atoms with Crippen molar-refractivity contribution in [2.24, 2.45) is 0 Å². The van der Waals surface area contributed by atoms with E-state index in [1.807, 2.05) is 7.05 Å². The van der Waals surface area contributed by atoms with E-state index in [4.69, 9.17) is 0 Å². The van der Waals surface area contributed by atoms with Crippen molar-refractivity contribution < 1.29 is 0 Å². The Bertz CT molecular complexity index is 1750. The Kier molecular flexibility index (Phi) is 7.64. The van der Waals surface area contributed by atoms with Crippen molar-refractivity contribution in [3.8, 4) is 33.4 Å². The highest BCUT2D eigenvalue weighted by Gasteiger charge is 2.18. The fraction of sp³-hybridized carbons (Fsp3) is 0.0769. The zero-order valence-electron chi connectivity index (χ0n) is 23.5. The summed E-state index contributed by atoms with van der Waals surface area (Å²) in [7, 11) is 1.98. The molecule has 0 heterocycles.